The normalized spacial score (nSPS) is 13.4. The van der Waals surface area contributed by atoms with Crippen molar-refractivity contribution in [2.45, 2.75) is 25.9 Å². The maximum Gasteiger partial charge on any atom is 0.317 e. The Kier molecular flexibility index (Phi) is 6.10. The summed E-state index contributed by atoms with van der Waals surface area (Å²) < 4.78 is 1.95. The van der Waals surface area contributed by atoms with Crippen LogP contribution in [0.25, 0.3) is 5.69 Å². The number of urea groups is 1. The molecule has 2 unspecified atom stereocenters. The zero-order valence-electron chi connectivity index (χ0n) is 14.1. The first-order valence-electron chi connectivity index (χ1n) is 7.63. The van der Waals surface area contributed by atoms with Crippen molar-refractivity contribution >= 4 is 17.8 Å². The SMILES string of the molecule is CSCC(C)N(C)C(=O)NC(C)c1cccc(-n2ccnc2)c1. The Morgan fingerprint density at radius 2 is 2.22 bits per heavy atom. The number of aromatic nitrogens is 2. The van der Waals surface area contributed by atoms with Crippen LogP contribution in [0.1, 0.15) is 25.5 Å². The fourth-order valence-corrected chi connectivity index (χ4v) is 3.00. The highest BCUT2D eigenvalue weighted by atomic mass is 32.2. The minimum atomic E-state index is -0.0603. The molecule has 0 radical (unpaired) electrons. The van der Waals surface area contributed by atoms with E-state index in [0.29, 0.717) is 0 Å². The lowest BCUT2D eigenvalue weighted by Crippen LogP contribution is -2.44. The van der Waals surface area contributed by atoms with E-state index in [4.69, 9.17) is 0 Å². The van der Waals surface area contributed by atoms with E-state index in [1.165, 1.54) is 0 Å². The van der Waals surface area contributed by atoms with Crippen LogP contribution in [0.3, 0.4) is 0 Å². The molecule has 2 aromatic rings. The van der Waals surface area contributed by atoms with E-state index in [1.54, 1.807) is 29.2 Å². The van der Waals surface area contributed by atoms with Crippen molar-refractivity contribution in [1.82, 2.24) is 19.8 Å². The van der Waals surface area contributed by atoms with E-state index in [0.717, 1.165) is 17.0 Å². The summed E-state index contributed by atoms with van der Waals surface area (Å²) in [5.41, 5.74) is 2.10. The van der Waals surface area contributed by atoms with Gasteiger partial charge in [-0.25, -0.2) is 9.78 Å². The first-order chi connectivity index (χ1) is 11.0. The van der Waals surface area contributed by atoms with Gasteiger partial charge in [-0.05, 0) is 37.8 Å². The van der Waals surface area contributed by atoms with Crippen molar-refractivity contribution in [2.24, 2.45) is 0 Å². The highest BCUT2D eigenvalue weighted by Gasteiger charge is 2.17. The largest absolute Gasteiger partial charge is 0.331 e. The Labute approximate surface area is 142 Å². The highest BCUT2D eigenvalue weighted by Crippen LogP contribution is 2.17. The molecule has 0 spiro atoms. The number of benzene rings is 1. The molecule has 2 rings (SSSR count). The summed E-state index contributed by atoms with van der Waals surface area (Å²) in [6.45, 7) is 4.05. The summed E-state index contributed by atoms with van der Waals surface area (Å²) in [6, 6.07) is 8.20. The van der Waals surface area contributed by atoms with Crippen molar-refractivity contribution in [3.05, 3.63) is 48.5 Å². The number of amides is 2. The first kappa shape index (κ1) is 17.4. The van der Waals surface area contributed by atoms with Crippen LogP contribution in [0, 0.1) is 0 Å². The molecule has 0 fully saturated rings. The molecule has 1 aromatic heterocycles. The molecule has 1 N–H and O–H groups in total. The predicted molar refractivity (Wildman–Crippen MR) is 96.1 cm³/mol. The fraction of sp³-hybridized carbons (Fsp3) is 0.412. The van der Waals surface area contributed by atoms with Crippen molar-refractivity contribution in [2.75, 3.05) is 19.1 Å². The maximum atomic E-state index is 12.3. The van der Waals surface area contributed by atoms with E-state index >= 15 is 0 Å². The van der Waals surface area contributed by atoms with E-state index in [2.05, 4.69) is 23.3 Å². The lowest BCUT2D eigenvalue weighted by atomic mass is 10.1. The number of hydrogen-bond acceptors (Lipinski definition) is 3. The topological polar surface area (TPSA) is 50.2 Å². The molecule has 1 aromatic carbocycles. The summed E-state index contributed by atoms with van der Waals surface area (Å²) in [7, 11) is 1.84. The molecule has 23 heavy (non-hydrogen) atoms. The molecule has 2 amide bonds. The van der Waals surface area contributed by atoms with Gasteiger partial charge in [0.1, 0.15) is 0 Å². The second-order valence-corrected chi connectivity index (χ2v) is 6.56. The molecule has 2 atom stereocenters. The molecule has 5 nitrogen and oxygen atoms in total. The van der Waals surface area contributed by atoms with Gasteiger partial charge in [-0.3, -0.25) is 0 Å². The summed E-state index contributed by atoms with van der Waals surface area (Å²) in [5.74, 6) is 0.925. The Morgan fingerprint density at radius 3 is 2.87 bits per heavy atom. The molecule has 0 aliphatic carbocycles. The molecule has 0 bridgehead atoms. The average molecular weight is 332 g/mol. The number of nitrogens with one attached hydrogen (secondary N) is 1. The Morgan fingerprint density at radius 1 is 1.43 bits per heavy atom. The quantitative estimate of drug-likeness (QED) is 0.883. The molecule has 1 heterocycles. The van der Waals surface area contributed by atoms with E-state index in [9.17, 15) is 4.79 Å². The van der Waals surface area contributed by atoms with Gasteiger partial charge >= 0.3 is 6.03 Å². The number of carbonyl (C=O) groups is 1. The van der Waals surface area contributed by atoms with Crippen LogP contribution in [0.4, 0.5) is 4.79 Å². The van der Waals surface area contributed by atoms with Gasteiger partial charge in [-0.1, -0.05) is 12.1 Å². The third kappa shape index (κ3) is 4.51. The predicted octanol–water partition coefficient (Wildman–Crippen LogP) is 3.33. The number of rotatable bonds is 6. The van der Waals surface area contributed by atoms with Crippen LogP contribution < -0.4 is 5.32 Å². The van der Waals surface area contributed by atoms with Gasteiger partial charge in [-0.15, -0.1) is 0 Å². The van der Waals surface area contributed by atoms with Crippen LogP contribution >= 0.6 is 11.8 Å². The molecule has 0 saturated carbocycles. The summed E-state index contributed by atoms with van der Waals surface area (Å²) in [6.07, 6.45) is 7.47. The molecule has 0 aliphatic rings. The molecular weight excluding hydrogens is 308 g/mol. The van der Waals surface area contributed by atoms with Gasteiger partial charge in [-0.2, -0.15) is 11.8 Å². The first-order valence-corrected chi connectivity index (χ1v) is 9.03. The lowest BCUT2D eigenvalue weighted by Gasteiger charge is -2.26. The monoisotopic (exact) mass is 332 g/mol. The highest BCUT2D eigenvalue weighted by molar-refractivity contribution is 7.98. The lowest BCUT2D eigenvalue weighted by molar-refractivity contribution is 0.195. The van der Waals surface area contributed by atoms with E-state index in [1.807, 2.05) is 49.2 Å². The van der Waals surface area contributed by atoms with Gasteiger partial charge in [0.15, 0.2) is 0 Å². The summed E-state index contributed by atoms with van der Waals surface area (Å²) in [5, 5.41) is 3.06. The average Bonchev–Trinajstić information content (AvgIpc) is 3.09. The maximum absolute atomic E-state index is 12.3. The molecule has 6 heteroatoms. The number of hydrogen-bond donors (Lipinski definition) is 1. The van der Waals surface area contributed by atoms with E-state index in [-0.39, 0.29) is 18.1 Å². The Balaban J connectivity index is 2.04. The van der Waals surface area contributed by atoms with Crippen LogP contribution in [0.15, 0.2) is 43.0 Å². The second-order valence-electron chi connectivity index (χ2n) is 5.65. The Bertz CT molecular complexity index is 629. The van der Waals surface area contributed by atoms with Crippen molar-refractivity contribution in [1.29, 1.82) is 0 Å². The van der Waals surface area contributed by atoms with Gasteiger partial charge in [0.2, 0.25) is 0 Å². The number of imidazole rings is 1. The summed E-state index contributed by atoms with van der Waals surface area (Å²) >= 11 is 1.74. The molecule has 0 saturated heterocycles. The van der Waals surface area contributed by atoms with Crippen molar-refractivity contribution in [3.63, 3.8) is 0 Å². The minimum absolute atomic E-state index is 0.0490. The van der Waals surface area contributed by atoms with Crippen molar-refractivity contribution in [3.8, 4) is 5.69 Å². The van der Waals surface area contributed by atoms with Crippen molar-refractivity contribution < 1.29 is 4.79 Å². The van der Waals surface area contributed by atoms with Crippen LogP contribution in [-0.4, -0.2) is 45.6 Å². The van der Waals surface area contributed by atoms with Gasteiger partial charge in [0.05, 0.1) is 12.4 Å². The van der Waals surface area contributed by atoms with Gasteiger partial charge in [0, 0.05) is 36.9 Å². The third-order valence-corrected chi connectivity index (χ3v) is 4.72. The number of carbonyl (C=O) groups excluding carboxylic acids is 1. The zero-order chi connectivity index (χ0) is 16.8. The molecule has 124 valence electrons. The second kappa shape index (κ2) is 8.06. The molecular formula is C17H24N4OS. The van der Waals surface area contributed by atoms with Crippen LogP contribution in [0.5, 0.6) is 0 Å². The smallest absolute Gasteiger partial charge is 0.317 e. The fourth-order valence-electron chi connectivity index (χ4n) is 2.29. The summed E-state index contributed by atoms with van der Waals surface area (Å²) in [4.78, 5) is 18.2. The standard InChI is InChI=1S/C17H24N4OS/c1-13(11-23-4)20(3)17(22)19-14(2)15-6-5-7-16(10-15)21-9-8-18-12-21/h5-10,12-14H,11H2,1-4H3,(H,19,22). The van der Waals surface area contributed by atoms with Crippen LogP contribution in [-0.2, 0) is 0 Å². The Hall–Kier alpha value is -1.95. The van der Waals surface area contributed by atoms with Gasteiger partial charge < -0.3 is 14.8 Å². The van der Waals surface area contributed by atoms with E-state index < -0.39 is 0 Å². The number of nitrogens with zero attached hydrogens (tertiary/aromatic N) is 3. The van der Waals surface area contributed by atoms with Crippen LogP contribution in [0.2, 0.25) is 0 Å². The molecule has 0 aliphatic heterocycles. The number of thioether (sulfide) groups is 1. The third-order valence-electron chi connectivity index (χ3n) is 3.90. The van der Waals surface area contributed by atoms with Gasteiger partial charge in [0.25, 0.3) is 0 Å². The minimum Gasteiger partial charge on any atom is -0.331 e. The zero-order valence-corrected chi connectivity index (χ0v) is 14.9.